The topological polar surface area (TPSA) is 89.8 Å². The molecule has 0 spiro atoms. The van der Waals surface area contributed by atoms with Crippen molar-refractivity contribution in [3.63, 3.8) is 0 Å². The van der Waals surface area contributed by atoms with E-state index in [-0.39, 0.29) is 16.8 Å². The highest BCUT2D eigenvalue weighted by atomic mass is 32.2. The van der Waals surface area contributed by atoms with Crippen LogP contribution in [0.3, 0.4) is 0 Å². The third-order valence-corrected chi connectivity index (χ3v) is 4.43. The summed E-state index contributed by atoms with van der Waals surface area (Å²) in [5, 5.41) is 14.1. The lowest BCUT2D eigenvalue weighted by molar-refractivity contribution is -0.118. The number of para-hydroxylation sites is 1. The Balaban J connectivity index is 1.63. The summed E-state index contributed by atoms with van der Waals surface area (Å²) in [5.41, 5.74) is 1.67. The summed E-state index contributed by atoms with van der Waals surface area (Å²) in [5.74, 6) is -0.514. The van der Waals surface area contributed by atoms with Crippen molar-refractivity contribution in [2.75, 3.05) is 5.75 Å². The number of aromatic nitrogens is 4. The largest absolute Gasteiger partial charge is 0.351 e. The maximum Gasteiger partial charge on any atom is 0.244 e. The zero-order chi connectivity index (χ0) is 16.8. The van der Waals surface area contributed by atoms with Crippen molar-refractivity contribution in [3.8, 4) is 5.69 Å². The molecule has 122 valence electrons. The van der Waals surface area contributed by atoms with Crippen LogP contribution in [0, 0.1) is 0 Å². The van der Waals surface area contributed by atoms with Gasteiger partial charge in [-0.15, -0.1) is 0 Å². The summed E-state index contributed by atoms with van der Waals surface area (Å²) in [4.78, 5) is 12.0. The van der Waals surface area contributed by atoms with E-state index in [0.29, 0.717) is 12.2 Å². The van der Waals surface area contributed by atoms with Crippen molar-refractivity contribution in [1.29, 1.82) is 0 Å². The molecule has 1 heterocycles. The van der Waals surface area contributed by atoms with Gasteiger partial charge in [0.25, 0.3) is 0 Å². The van der Waals surface area contributed by atoms with Crippen molar-refractivity contribution in [2.24, 2.45) is 0 Å². The minimum Gasteiger partial charge on any atom is -0.351 e. The molecule has 0 aliphatic rings. The third kappa shape index (κ3) is 3.90. The van der Waals surface area contributed by atoms with Crippen molar-refractivity contribution >= 4 is 16.7 Å². The number of carbonyl (C=O) groups excluding carboxylic acids is 1. The summed E-state index contributed by atoms with van der Waals surface area (Å²) < 4.78 is 13.8. The minimum absolute atomic E-state index is 0.149. The molecule has 24 heavy (non-hydrogen) atoms. The van der Waals surface area contributed by atoms with E-state index in [9.17, 15) is 9.00 Å². The number of nitrogens with one attached hydrogen (secondary N) is 1. The van der Waals surface area contributed by atoms with Gasteiger partial charge in [-0.2, -0.15) is 4.68 Å². The van der Waals surface area contributed by atoms with Gasteiger partial charge in [-0.05, 0) is 28.1 Å². The second-order valence-corrected chi connectivity index (χ2v) is 6.31. The molecule has 0 aliphatic heterocycles. The zero-order valence-corrected chi connectivity index (χ0v) is 13.5. The summed E-state index contributed by atoms with van der Waals surface area (Å²) >= 11 is 0. The molecule has 3 rings (SSSR count). The van der Waals surface area contributed by atoms with Gasteiger partial charge in [-0.25, -0.2) is 0 Å². The average molecular weight is 341 g/mol. The Morgan fingerprint density at radius 1 is 1.04 bits per heavy atom. The lowest BCUT2D eigenvalue weighted by Gasteiger charge is -2.06. The van der Waals surface area contributed by atoms with Crippen LogP contribution >= 0.6 is 0 Å². The van der Waals surface area contributed by atoms with Gasteiger partial charge in [0.1, 0.15) is 16.6 Å². The summed E-state index contributed by atoms with van der Waals surface area (Å²) in [6, 6.07) is 18.6. The number of benzene rings is 2. The number of hydrogen-bond donors (Lipinski definition) is 1. The Bertz CT molecular complexity index is 836. The number of tetrazole rings is 1. The van der Waals surface area contributed by atoms with Crippen molar-refractivity contribution in [2.45, 2.75) is 11.7 Å². The first-order chi connectivity index (χ1) is 11.7. The number of rotatable bonds is 6. The van der Waals surface area contributed by atoms with E-state index in [4.69, 9.17) is 0 Å². The molecule has 1 amide bonds. The maximum atomic E-state index is 12.4. The Morgan fingerprint density at radius 3 is 2.42 bits per heavy atom. The molecule has 2 aromatic carbocycles. The van der Waals surface area contributed by atoms with Crippen LogP contribution in [0.4, 0.5) is 0 Å². The van der Waals surface area contributed by atoms with Crippen LogP contribution in [-0.2, 0) is 22.1 Å². The van der Waals surface area contributed by atoms with Gasteiger partial charge < -0.3 is 5.32 Å². The molecular formula is C16H15N5O2S. The second-order valence-electron chi connectivity index (χ2n) is 4.96. The molecular weight excluding hydrogens is 326 g/mol. The SMILES string of the molecule is O=C(CS(=O)c1nnnn1-c1ccccc1)NCc1ccccc1. The fourth-order valence-electron chi connectivity index (χ4n) is 2.08. The van der Waals surface area contributed by atoms with Crippen LogP contribution in [0.5, 0.6) is 0 Å². The molecule has 0 aliphatic carbocycles. The van der Waals surface area contributed by atoms with Crippen LogP contribution in [-0.4, -0.2) is 36.1 Å². The molecule has 1 N–H and O–H groups in total. The van der Waals surface area contributed by atoms with Gasteiger partial charge in [0.15, 0.2) is 0 Å². The smallest absolute Gasteiger partial charge is 0.244 e. The molecule has 0 radical (unpaired) electrons. The Kier molecular flexibility index (Phi) is 5.07. The molecule has 3 aromatic rings. The molecule has 1 aromatic heterocycles. The monoisotopic (exact) mass is 341 g/mol. The average Bonchev–Trinajstić information content (AvgIpc) is 3.11. The van der Waals surface area contributed by atoms with E-state index in [1.807, 2.05) is 48.5 Å². The molecule has 0 saturated heterocycles. The molecule has 7 nitrogen and oxygen atoms in total. The predicted molar refractivity (Wildman–Crippen MR) is 88.7 cm³/mol. The highest BCUT2D eigenvalue weighted by molar-refractivity contribution is 7.85. The molecule has 0 fully saturated rings. The van der Waals surface area contributed by atoms with Gasteiger partial charge in [-0.3, -0.25) is 9.00 Å². The van der Waals surface area contributed by atoms with Gasteiger partial charge in [0.05, 0.1) is 5.69 Å². The zero-order valence-electron chi connectivity index (χ0n) is 12.7. The first-order valence-corrected chi connectivity index (χ1v) is 8.59. The maximum absolute atomic E-state index is 12.4. The fourth-order valence-corrected chi connectivity index (χ4v) is 3.01. The van der Waals surface area contributed by atoms with Crippen LogP contribution in [0.2, 0.25) is 0 Å². The number of nitrogens with zero attached hydrogens (tertiary/aromatic N) is 4. The third-order valence-electron chi connectivity index (χ3n) is 3.24. The Hall–Kier alpha value is -2.87. The van der Waals surface area contributed by atoms with E-state index in [0.717, 1.165) is 5.56 Å². The van der Waals surface area contributed by atoms with Crippen LogP contribution < -0.4 is 5.32 Å². The lowest BCUT2D eigenvalue weighted by Crippen LogP contribution is -2.28. The van der Waals surface area contributed by atoms with E-state index < -0.39 is 10.8 Å². The van der Waals surface area contributed by atoms with E-state index in [1.54, 1.807) is 12.1 Å². The van der Waals surface area contributed by atoms with Crippen molar-refractivity contribution < 1.29 is 9.00 Å². The fraction of sp³-hybridized carbons (Fsp3) is 0.125. The van der Waals surface area contributed by atoms with Gasteiger partial charge in [-0.1, -0.05) is 53.6 Å². The lowest BCUT2D eigenvalue weighted by atomic mass is 10.2. The van der Waals surface area contributed by atoms with Crippen LogP contribution in [0.25, 0.3) is 5.69 Å². The minimum atomic E-state index is -1.64. The number of carbonyl (C=O) groups is 1. The number of amides is 1. The predicted octanol–water partition coefficient (Wildman–Crippen LogP) is 1.09. The van der Waals surface area contributed by atoms with Crippen LogP contribution in [0.15, 0.2) is 65.8 Å². The van der Waals surface area contributed by atoms with E-state index >= 15 is 0 Å². The second kappa shape index (κ2) is 7.60. The highest BCUT2D eigenvalue weighted by Crippen LogP contribution is 2.10. The van der Waals surface area contributed by atoms with Crippen molar-refractivity contribution in [3.05, 3.63) is 66.2 Å². The first-order valence-electron chi connectivity index (χ1n) is 7.27. The Morgan fingerprint density at radius 2 is 1.71 bits per heavy atom. The molecule has 1 unspecified atom stereocenters. The Labute approximate surface area is 141 Å². The highest BCUT2D eigenvalue weighted by Gasteiger charge is 2.18. The van der Waals surface area contributed by atoms with E-state index in [2.05, 4.69) is 20.8 Å². The van der Waals surface area contributed by atoms with E-state index in [1.165, 1.54) is 4.68 Å². The molecule has 1 atom stereocenters. The van der Waals surface area contributed by atoms with Crippen molar-refractivity contribution in [1.82, 2.24) is 25.5 Å². The van der Waals surface area contributed by atoms with Gasteiger partial charge in [0, 0.05) is 6.54 Å². The molecule has 8 heteroatoms. The summed E-state index contributed by atoms with van der Waals surface area (Å²) in [7, 11) is -1.64. The first kappa shape index (κ1) is 16.0. The summed E-state index contributed by atoms with van der Waals surface area (Å²) in [6.07, 6.45) is 0. The van der Waals surface area contributed by atoms with Gasteiger partial charge >= 0.3 is 0 Å². The molecule has 0 bridgehead atoms. The normalized spacial score (nSPS) is 11.8. The number of hydrogen-bond acceptors (Lipinski definition) is 5. The van der Waals surface area contributed by atoms with Gasteiger partial charge in [0.2, 0.25) is 11.1 Å². The molecule has 0 saturated carbocycles. The summed E-state index contributed by atoms with van der Waals surface area (Å²) in [6.45, 7) is 0.389. The standard InChI is InChI=1S/C16H15N5O2S/c22-15(17-11-13-7-3-1-4-8-13)12-24(23)16-18-19-20-21(16)14-9-5-2-6-10-14/h1-10H,11-12H2,(H,17,22). The van der Waals surface area contributed by atoms with Crippen LogP contribution in [0.1, 0.15) is 5.56 Å². The quantitative estimate of drug-likeness (QED) is 0.725.